The van der Waals surface area contributed by atoms with E-state index < -0.39 is 0 Å². The van der Waals surface area contributed by atoms with Crippen molar-refractivity contribution in [2.24, 2.45) is 11.8 Å². The number of aryl methyl sites for hydroxylation is 1. The molecule has 0 aliphatic carbocycles. The highest BCUT2D eigenvalue weighted by Gasteiger charge is 2.20. The summed E-state index contributed by atoms with van der Waals surface area (Å²) in [4.78, 5) is 23.6. The number of benzene rings is 3. The van der Waals surface area contributed by atoms with Crippen LogP contribution < -0.4 is 4.74 Å². The van der Waals surface area contributed by atoms with Crippen molar-refractivity contribution < 1.29 is 9.53 Å². The van der Waals surface area contributed by atoms with Crippen LogP contribution in [0.25, 0.3) is 22.4 Å². The molecule has 0 radical (unpaired) electrons. The summed E-state index contributed by atoms with van der Waals surface area (Å²) in [5.74, 6) is 3.78. The zero-order valence-corrected chi connectivity index (χ0v) is 27.2. The van der Waals surface area contributed by atoms with E-state index in [0.717, 1.165) is 84.9 Å². The van der Waals surface area contributed by atoms with E-state index in [1.807, 2.05) is 54.6 Å². The number of hydrogen-bond acceptors (Lipinski definition) is 4. The minimum absolute atomic E-state index is 0.123. The molecule has 0 atom stereocenters. The average Bonchev–Trinajstić information content (AvgIpc) is 3.39. The highest BCUT2D eigenvalue weighted by molar-refractivity contribution is 5.98. The largest absolute Gasteiger partial charge is 0.457 e. The fraction of sp³-hybridized carbons (Fsp3) is 0.474. The number of rotatable bonds is 14. The lowest BCUT2D eigenvalue weighted by Gasteiger charge is -2.26. The average molecular weight is 595 g/mol. The Bertz CT molecular complexity index is 1460. The summed E-state index contributed by atoms with van der Waals surface area (Å²) in [6, 6.07) is 24.1. The molecular weight excluding hydrogens is 544 g/mol. The molecule has 1 amide bonds. The first-order valence-electron chi connectivity index (χ1n) is 16.7. The number of hydrogen-bond donors (Lipinski definition) is 0. The van der Waals surface area contributed by atoms with Crippen molar-refractivity contribution >= 4 is 16.9 Å². The van der Waals surface area contributed by atoms with Crippen LogP contribution in [0.2, 0.25) is 0 Å². The molecule has 1 saturated heterocycles. The molecule has 1 aliphatic heterocycles. The molecule has 0 bridgehead atoms. The van der Waals surface area contributed by atoms with E-state index in [1.54, 1.807) is 0 Å². The third-order valence-electron chi connectivity index (χ3n) is 8.63. The SMILES string of the molecule is CC(C)CCN(CCC(C)C)C(=O)c1ccc2nc(-c3ccc(Oc4ccccc4)cc3)n(CCCN3CCCCC3)c2c1. The second-order valence-electron chi connectivity index (χ2n) is 13.1. The molecule has 6 nitrogen and oxygen atoms in total. The molecule has 0 spiro atoms. The zero-order chi connectivity index (χ0) is 30.9. The van der Waals surface area contributed by atoms with Crippen molar-refractivity contribution in [3.05, 3.63) is 78.4 Å². The number of aromatic nitrogens is 2. The number of piperidine rings is 1. The normalized spacial score (nSPS) is 14.0. The van der Waals surface area contributed by atoms with E-state index in [0.29, 0.717) is 11.8 Å². The Hall–Kier alpha value is -3.64. The standard InChI is InChI=1S/C38H50N4O2/c1-29(2)20-26-41(27-21-30(3)4)38(43)32-16-19-35-36(28-32)42(25-11-24-40-22-9-6-10-23-40)37(39-35)31-14-17-34(18-15-31)44-33-12-7-5-8-13-33/h5,7-8,12-19,28-30H,6,9-11,20-27H2,1-4H3. The van der Waals surface area contributed by atoms with Gasteiger partial charge in [0.25, 0.3) is 5.91 Å². The van der Waals surface area contributed by atoms with Crippen molar-refractivity contribution in [2.75, 3.05) is 32.7 Å². The molecular formula is C38H50N4O2. The third-order valence-corrected chi connectivity index (χ3v) is 8.63. The summed E-state index contributed by atoms with van der Waals surface area (Å²) in [5.41, 5.74) is 3.75. The number of carbonyl (C=O) groups excluding carboxylic acids is 1. The van der Waals surface area contributed by atoms with Crippen LogP contribution in [0.4, 0.5) is 0 Å². The molecule has 6 heteroatoms. The van der Waals surface area contributed by atoms with Gasteiger partial charge in [0.1, 0.15) is 17.3 Å². The molecule has 1 aromatic heterocycles. The van der Waals surface area contributed by atoms with Crippen LogP contribution in [-0.2, 0) is 6.54 Å². The van der Waals surface area contributed by atoms with E-state index in [-0.39, 0.29) is 5.91 Å². The van der Waals surface area contributed by atoms with Gasteiger partial charge in [0, 0.05) is 30.8 Å². The molecule has 0 unspecified atom stereocenters. The Morgan fingerprint density at radius 2 is 1.48 bits per heavy atom. The predicted molar refractivity (Wildman–Crippen MR) is 181 cm³/mol. The Morgan fingerprint density at radius 3 is 2.14 bits per heavy atom. The number of carbonyl (C=O) groups is 1. The second-order valence-corrected chi connectivity index (χ2v) is 13.1. The number of amides is 1. The summed E-state index contributed by atoms with van der Waals surface area (Å²) >= 11 is 0. The molecule has 1 aliphatic rings. The number of ether oxygens (including phenoxy) is 1. The summed E-state index contributed by atoms with van der Waals surface area (Å²) in [7, 11) is 0. The van der Waals surface area contributed by atoms with E-state index in [4.69, 9.17) is 9.72 Å². The zero-order valence-electron chi connectivity index (χ0n) is 27.2. The van der Waals surface area contributed by atoms with Crippen LogP contribution in [0.5, 0.6) is 11.5 Å². The number of imidazole rings is 1. The van der Waals surface area contributed by atoms with Gasteiger partial charge in [-0.05, 0) is 118 Å². The van der Waals surface area contributed by atoms with Gasteiger partial charge in [0.15, 0.2) is 0 Å². The van der Waals surface area contributed by atoms with Crippen molar-refractivity contribution in [3.8, 4) is 22.9 Å². The van der Waals surface area contributed by atoms with Crippen LogP contribution in [0, 0.1) is 11.8 Å². The van der Waals surface area contributed by atoms with Crippen LogP contribution in [-0.4, -0.2) is 58.0 Å². The first-order chi connectivity index (χ1) is 21.4. The van der Waals surface area contributed by atoms with Gasteiger partial charge in [0.05, 0.1) is 11.0 Å². The van der Waals surface area contributed by atoms with Gasteiger partial charge in [-0.2, -0.15) is 0 Å². The maximum atomic E-state index is 13.9. The molecule has 1 fully saturated rings. The van der Waals surface area contributed by atoms with E-state index in [2.05, 4.69) is 60.3 Å². The number of fused-ring (bicyclic) bond motifs is 1. The fourth-order valence-corrected chi connectivity index (χ4v) is 5.96. The van der Waals surface area contributed by atoms with Gasteiger partial charge < -0.3 is 19.1 Å². The van der Waals surface area contributed by atoms with Gasteiger partial charge in [-0.1, -0.05) is 52.3 Å². The van der Waals surface area contributed by atoms with Gasteiger partial charge in [-0.25, -0.2) is 4.98 Å². The van der Waals surface area contributed by atoms with Crippen LogP contribution in [0.1, 0.15) is 76.6 Å². The summed E-state index contributed by atoms with van der Waals surface area (Å²) < 4.78 is 8.38. The van der Waals surface area contributed by atoms with E-state index in [9.17, 15) is 4.79 Å². The van der Waals surface area contributed by atoms with Crippen molar-refractivity contribution in [1.29, 1.82) is 0 Å². The lowest BCUT2D eigenvalue weighted by Crippen LogP contribution is -2.34. The lowest BCUT2D eigenvalue weighted by molar-refractivity contribution is 0.0741. The topological polar surface area (TPSA) is 50.6 Å². The summed E-state index contributed by atoms with van der Waals surface area (Å²) in [5, 5.41) is 0. The molecule has 4 aromatic rings. The number of likely N-dealkylation sites (tertiary alicyclic amines) is 1. The Labute approximate surface area is 264 Å². The fourth-order valence-electron chi connectivity index (χ4n) is 5.96. The molecule has 0 saturated carbocycles. The Balaban J connectivity index is 1.43. The Kier molecular flexibility index (Phi) is 11.1. The number of para-hydroxylation sites is 1. The first kappa shape index (κ1) is 31.8. The van der Waals surface area contributed by atoms with E-state index in [1.165, 1.54) is 32.4 Å². The molecule has 234 valence electrons. The lowest BCUT2D eigenvalue weighted by atomic mass is 10.1. The second kappa shape index (κ2) is 15.4. The maximum Gasteiger partial charge on any atom is 0.253 e. The van der Waals surface area contributed by atoms with E-state index >= 15 is 0 Å². The van der Waals surface area contributed by atoms with Crippen LogP contribution in [0.3, 0.4) is 0 Å². The molecule has 44 heavy (non-hydrogen) atoms. The van der Waals surface area contributed by atoms with Gasteiger partial charge in [-0.15, -0.1) is 0 Å². The maximum absolute atomic E-state index is 13.9. The van der Waals surface area contributed by atoms with Gasteiger partial charge in [-0.3, -0.25) is 4.79 Å². The molecule has 2 heterocycles. The van der Waals surface area contributed by atoms with Crippen molar-refractivity contribution in [2.45, 2.75) is 72.8 Å². The van der Waals surface area contributed by atoms with Crippen LogP contribution in [0.15, 0.2) is 72.8 Å². The highest BCUT2D eigenvalue weighted by Crippen LogP contribution is 2.30. The minimum Gasteiger partial charge on any atom is -0.457 e. The smallest absolute Gasteiger partial charge is 0.253 e. The molecule has 3 aromatic carbocycles. The summed E-state index contributed by atoms with van der Waals surface area (Å²) in [6.07, 6.45) is 7.00. The minimum atomic E-state index is 0.123. The molecule has 0 N–H and O–H groups in total. The molecule has 5 rings (SSSR count). The monoisotopic (exact) mass is 594 g/mol. The van der Waals surface area contributed by atoms with Gasteiger partial charge in [0.2, 0.25) is 0 Å². The van der Waals surface area contributed by atoms with Crippen molar-refractivity contribution in [1.82, 2.24) is 19.4 Å². The quantitative estimate of drug-likeness (QED) is 0.146. The predicted octanol–water partition coefficient (Wildman–Crippen LogP) is 8.91. The first-order valence-corrected chi connectivity index (χ1v) is 16.7. The highest BCUT2D eigenvalue weighted by atomic mass is 16.5. The van der Waals surface area contributed by atoms with Gasteiger partial charge >= 0.3 is 0 Å². The number of nitrogens with zero attached hydrogens (tertiary/aromatic N) is 4. The Morgan fingerprint density at radius 1 is 0.818 bits per heavy atom. The third kappa shape index (κ3) is 8.50. The van der Waals surface area contributed by atoms with Crippen LogP contribution >= 0.6 is 0 Å². The van der Waals surface area contributed by atoms with Crippen molar-refractivity contribution in [3.63, 3.8) is 0 Å². The summed E-state index contributed by atoms with van der Waals surface area (Å²) in [6.45, 7) is 14.8.